The Morgan fingerprint density at radius 2 is 2.33 bits per heavy atom. The molecule has 0 amide bonds. The predicted molar refractivity (Wildman–Crippen MR) is 60.0 cm³/mol. The number of nitrogens with one attached hydrogen (secondary N) is 1. The Morgan fingerprint density at radius 1 is 1.60 bits per heavy atom. The van der Waals surface area contributed by atoms with Gasteiger partial charge in [-0.05, 0) is 6.07 Å². The normalized spacial score (nSPS) is 9.33. The Morgan fingerprint density at radius 3 is 2.93 bits per heavy atom. The van der Waals surface area contributed by atoms with Gasteiger partial charge in [0, 0.05) is 19.0 Å². The topological polar surface area (TPSA) is 55.2 Å². The van der Waals surface area contributed by atoms with Gasteiger partial charge in [0.25, 0.3) is 5.69 Å². The summed E-state index contributed by atoms with van der Waals surface area (Å²) in [6.45, 7) is 0.459. The fraction of sp³-hybridized carbons (Fsp3) is 0.200. The van der Waals surface area contributed by atoms with Gasteiger partial charge in [0.15, 0.2) is 0 Å². The van der Waals surface area contributed by atoms with Gasteiger partial charge in [-0.25, -0.2) is 0 Å². The molecular formula is C10H9ClN2O2. The van der Waals surface area contributed by atoms with Gasteiger partial charge < -0.3 is 5.32 Å². The summed E-state index contributed by atoms with van der Waals surface area (Å²) in [5.41, 5.74) is 0.277. The fourth-order valence-electron chi connectivity index (χ4n) is 1.10. The average molecular weight is 225 g/mol. The van der Waals surface area contributed by atoms with Crippen LogP contribution >= 0.6 is 11.6 Å². The second kappa shape index (κ2) is 5.23. The molecule has 0 atom stereocenters. The SMILES string of the molecule is C#CCCNc1c(Cl)cccc1[N+](=O)[O-]. The van der Waals surface area contributed by atoms with Gasteiger partial charge in [0.05, 0.1) is 9.95 Å². The summed E-state index contributed by atoms with van der Waals surface area (Å²) in [5.74, 6) is 2.43. The Bertz CT molecular complexity index is 412. The molecule has 1 N–H and O–H groups in total. The highest BCUT2D eigenvalue weighted by Crippen LogP contribution is 2.31. The van der Waals surface area contributed by atoms with Crippen LogP contribution in [-0.2, 0) is 0 Å². The highest BCUT2D eigenvalue weighted by Gasteiger charge is 2.15. The third-order valence-electron chi connectivity index (χ3n) is 1.76. The van der Waals surface area contributed by atoms with Gasteiger partial charge in [-0.2, -0.15) is 0 Å². The fourth-order valence-corrected chi connectivity index (χ4v) is 1.34. The van der Waals surface area contributed by atoms with Crippen molar-refractivity contribution in [2.24, 2.45) is 0 Å². The van der Waals surface area contributed by atoms with Gasteiger partial charge in [0.1, 0.15) is 5.69 Å². The number of hydrogen-bond donors (Lipinski definition) is 1. The number of halogens is 1. The van der Waals surface area contributed by atoms with Crippen LogP contribution in [0.1, 0.15) is 6.42 Å². The first-order valence-corrected chi connectivity index (χ1v) is 4.65. The minimum Gasteiger partial charge on any atom is -0.377 e. The summed E-state index contributed by atoms with van der Waals surface area (Å²) >= 11 is 5.83. The molecule has 0 radical (unpaired) electrons. The molecule has 1 aromatic carbocycles. The first kappa shape index (κ1) is 11.3. The minimum absolute atomic E-state index is 0.0421. The third-order valence-corrected chi connectivity index (χ3v) is 2.07. The van der Waals surface area contributed by atoms with Crippen LogP contribution in [0.25, 0.3) is 0 Å². The molecule has 0 saturated heterocycles. The van der Waals surface area contributed by atoms with E-state index in [1.807, 2.05) is 0 Å². The molecule has 0 saturated carbocycles. The van der Waals surface area contributed by atoms with Crippen molar-refractivity contribution in [2.45, 2.75) is 6.42 Å². The predicted octanol–water partition coefficient (Wildman–Crippen LogP) is 2.68. The highest BCUT2D eigenvalue weighted by atomic mass is 35.5. The largest absolute Gasteiger partial charge is 0.377 e. The zero-order chi connectivity index (χ0) is 11.3. The molecule has 0 bridgehead atoms. The van der Waals surface area contributed by atoms with E-state index in [-0.39, 0.29) is 5.69 Å². The summed E-state index contributed by atoms with van der Waals surface area (Å²) in [5, 5.41) is 13.8. The monoisotopic (exact) mass is 224 g/mol. The second-order valence-electron chi connectivity index (χ2n) is 2.77. The lowest BCUT2D eigenvalue weighted by molar-refractivity contribution is -0.383. The van der Waals surface area contributed by atoms with Crippen LogP contribution in [0.15, 0.2) is 18.2 Å². The van der Waals surface area contributed by atoms with Gasteiger partial charge >= 0.3 is 0 Å². The molecule has 0 aliphatic rings. The van der Waals surface area contributed by atoms with Crippen LogP contribution in [-0.4, -0.2) is 11.5 Å². The quantitative estimate of drug-likeness (QED) is 0.370. The molecule has 0 aliphatic heterocycles. The molecule has 0 aliphatic carbocycles. The van der Waals surface area contributed by atoms with E-state index in [1.54, 1.807) is 6.07 Å². The maximum Gasteiger partial charge on any atom is 0.293 e. The molecule has 15 heavy (non-hydrogen) atoms. The molecule has 0 spiro atoms. The van der Waals surface area contributed by atoms with E-state index < -0.39 is 4.92 Å². The molecular weight excluding hydrogens is 216 g/mol. The average Bonchev–Trinajstić information content (AvgIpc) is 2.20. The van der Waals surface area contributed by atoms with Crippen LogP contribution in [0.3, 0.4) is 0 Å². The molecule has 0 heterocycles. The van der Waals surface area contributed by atoms with Crippen molar-refractivity contribution in [3.05, 3.63) is 33.3 Å². The van der Waals surface area contributed by atoms with E-state index in [4.69, 9.17) is 18.0 Å². The zero-order valence-electron chi connectivity index (χ0n) is 7.87. The maximum absolute atomic E-state index is 10.7. The molecule has 1 aromatic rings. The van der Waals surface area contributed by atoms with E-state index in [9.17, 15) is 10.1 Å². The Hall–Kier alpha value is -1.73. The molecule has 1 rings (SSSR count). The van der Waals surface area contributed by atoms with E-state index in [2.05, 4.69) is 11.2 Å². The van der Waals surface area contributed by atoms with Crippen molar-refractivity contribution >= 4 is 23.0 Å². The van der Waals surface area contributed by atoms with Crippen LogP contribution in [0, 0.1) is 22.5 Å². The van der Waals surface area contributed by atoms with Gasteiger partial charge in [-0.1, -0.05) is 17.7 Å². The van der Waals surface area contributed by atoms with Crippen LogP contribution < -0.4 is 5.32 Å². The first-order chi connectivity index (χ1) is 7.16. The summed E-state index contributed by atoms with van der Waals surface area (Å²) in [6.07, 6.45) is 5.56. The van der Waals surface area contributed by atoms with E-state index in [0.29, 0.717) is 23.7 Å². The lowest BCUT2D eigenvalue weighted by atomic mass is 10.2. The number of anilines is 1. The van der Waals surface area contributed by atoms with E-state index in [0.717, 1.165) is 0 Å². The summed E-state index contributed by atoms with van der Waals surface area (Å²) in [6, 6.07) is 4.52. The third kappa shape index (κ3) is 2.86. The van der Waals surface area contributed by atoms with Crippen molar-refractivity contribution in [2.75, 3.05) is 11.9 Å². The van der Waals surface area contributed by atoms with E-state index >= 15 is 0 Å². The van der Waals surface area contributed by atoms with Crippen molar-refractivity contribution in [1.29, 1.82) is 0 Å². The number of hydrogen-bond acceptors (Lipinski definition) is 3. The number of para-hydroxylation sites is 1. The van der Waals surface area contributed by atoms with Crippen LogP contribution in [0.2, 0.25) is 5.02 Å². The second-order valence-corrected chi connectivity index (χ2v) is 3.18. The molecule has 0 aromatic heterocycles. The summed E-state index contributed by atoms with van der Waals surface area (Å²) in [4.78, 5) is 10.2. The lowest BCUT2D eigenvalue weighted by Crippen LogP contribution is -2.04. The van der Waals surface area contributed by atoms with Crippen molar-refractivity contribution in [1.82, 2.24) is 0 Å². The number of benzene rings is 1. The maximum atomic E-state index is 10.7. The van der Waals surface area contributed by atoms with Crippen LogP contribution in [0.5, 0.6) is 0 Å². The van der Waals surface area contributed by atoms with Crippen molar-refractivity contribution in [3.8, 4) is 12.3 Å². The van der Waals surface area contributed by atoms with Gasteiger partial charge in [0.2, 0.25) is 0 Å². The summed E-state index contributed by atoms with van der Waals surface area (Å²) < 4.78 is 0. The van der Waals surface area contributed by atoms with Gasteiger partial charge in [-0.3, -0.25) is 10.1 Å². The Labute approximate surface area is 92.4 Å². The number of nitro benzene ring substituents is 1. The number of nitro groups is 1. The highest BCUT2D eigenvalue weighted by molar-refractivity contribution is 6.33. The molecule has 4 nitrogen and oxygen atoms in total. The van der Waals surface area contributed by atoms with Gasteiger partial charge in [-0.15, -0.1) is 12.3 Å². The zero-order valence-corrected chi connectivity index (χ0v) is 8.62. The standard InChI is InChI=1S/C10H9ClN2O2/c1-2-3-7-12-10-8(11)5-4-6-9(10)13(14)15/h1,4-6,12H,3,7H2. The molecule has 0 unspecified atom stereocenters. The smallest absolute Gasteiger partial charge is 0.293 e. The number of nitrogens with zero attached hydrogens (tertiary/aromatic N) is 1. The lowest BCUT2D eigenvalue weighted by Gasteiger charge is -2.06. The molecule has 78 valence electrons. The van der Waals surface area contributed by atoms with Crippen molar-refractivity contribution < 1.29 is 4.92 Å². The van der Waals surface area contributed by atoms with Crippen LogP contribution in [0.4, 0.5) is 11.4 Å². The number of rotatable bonds is 4. The summed E-state index contributed by atoms with van der Waals surface area (Å²) in [7, 11) is 0. The van der Waals surface area contributed by atoms with E-state index in [1.165, 1.54) is 12.1 Å². The molecule has 5 heteroatoms. The first-order valence-electron chi connectivity index (χ1n) is 4.27. The number of terminal acetylenes is 1. The minimum atomic E-state index is -0.482. The Kier molecular flexibility index (Phi) is 3.95. The molecule has 0 fully saturated rings. The Balaban J connectivity index is 2.93. The van der Waals surface area contributed by atoms with Crippen molar-refractivity contribution in [3.63, 3.8) is 0 Å².